The van der Waals surface area contributed by atoms with Gasteiger partial charge in [-0.2, -0.15) is 0 Å². The summed E-state index contributed by atoms with van der Waals surface area (Å²) in [7, 11) is 0. The van der Waals surface area contributed by atoms with Crippen LogP contribution in [-0.2, 0) is 12.8 Å². The zero-order valence-electron chi connectivity index (χ0n) is 17.6. The van der Waals surface area contributed by atoms with Gasteiger partial charge in [-0.15, -0.1) is 0 Å². The molecule has 1 rings (SSSR count). The first-order chi connectivity index (χ1) is 12.1. The van der Waals surface area contributed by atoms with Gasteiger partial charge in [0, 0.05) is 18.3 Å². The van der Waals surface area contributed by atoms with Crippen LogP contribution in [0.25, 0.3) is 0 Å². The number of aromatic nitrogens is 2. The third-order valence-corrected chi connectivity index (χ3v) is 5.33. The number of unbranched alkanes of at least 4 members (excludes halogenated alkanes) is 1. The molecule has 1 aromatic rings. The number of aryl methyl sites for hydroxylation is 1. The smallest absolute Gasteiger partial charge is 0.128 e. The Labute approximate surface area is 157 Å². The number of nitrogens with zero attached hydrogens (tertiary/aromatic N) is 2. The van der Waals surface area contributed by atoms with Gasteiger partial charge in [0.25, 0.3) is 0 Å². The van der Waals surface area contributed by atoms with Gasteiger partial charge in [0.15, 0.2) is 0 Å². The third kappa shape index (κ3) is 9.37. The lowest BCUT2D eigenvalue weighted by Gasteiger charge is -2.27. The van der Waals surface area contributed by atoms with Gasteiger partial charge in [-0.25, -0.2) is 9.97 Å². The van der Waals surface area contributed by atoms with Crippen LogP contribution in [0.4, 0.5) is 0 Å². The van der Waals surface area contributed by atoms with Gasteiger partial charge in [-0.1, -0.05) is 79.6 Å². The van der Waals surface area contributed by atoms with Gasteiger partial charge in [0.1, 0.15) is 5.82 Å². The average molecular weight is 347 g/mol. The number of hydrogen-bond donors (Lipinski definition) is 0. The summed E-state index contributed by atoms with van der Waals surface area (Å²) in [5.41, 5.74) is 1.27. The van der Waals surface area contributed by atoms with E-state index in [1.807, 2.05) is 6.20 Å². The Bertz CT molecular complexity index is 435. The van der Waals surface area contributed by atoms with Crippen LogP contribution in [0.2, 0.25) is 0 Å². The quantitative estimate of drug-likeness (QED) is 0.361. The molecule has 25 heavy (non-hydrogen) atoms. The van der Waals surface area contributed by atoms with E-state index in [9.17, 15) is 0 Å². The standard InChI is InChI=1S/C23H42N2/c1-6-9-15-23-24-17-16-22(25-23)18-21(14-10-13-19(4)5)20(11-7-2)12-8-3/h16-17,19-21H,6-15,18H2,1-5H3/t21-/m0/s1. The van der Waals surface area contributed by atoms with Crippen LogP contribution in [0.15, 0.2) is 12.3 Å². The molecule has 0 radical (unpaired) electrons. The summed E-state index contributed by atoms with van der Waals surface area (Å²) in [6.07, 6.45) is 16.0. The second-order valence-corrected chi connectivity index (χ2v) is 8.19. The van der Waals surface area contributed by atoms with E-state index in [1.165, 1.54) is 63.5 Å². The lowest BCUT2D eigenvalue weighted by atomic mass is 9.79. The minimum absolute atomic E-state index is 0.785. The Morgan fingerprint density at radius 1 is 0.840 bits per heavy atom. The molecule has 0 spiro atoms. The van der Waals surface area contributed by atoms with E-state index < -0.39 is 0 Å². The van der Waals surface area contributed by atoms with E-state index >= 15 is 0 Å². The molecule has 0 saturated heterocycles. The molecule has 1 atom stereocenters. The zero-order valence-corrected chi connectivity index (χ0v) is 17.6. The van der Waals surface area contributed by atoms with Crippen LogP contribution in [0.1, 0.15) is 104 Å². The monoisotopic (exact) mass is 346 g/mol. The SMILES string of the molecule is CCCCc1nccc(C[C@H](CCCC(C)C)C(CCC)CCC)n1. The Balaban J connectivity index is 2.79. The van der Waals surface area contributed by atoms with Crippen molar-refractivity contribution in [1.29, 1.82) is 0 Å². The van der Waals surface area contributed by atoms with Crippen molar-refractivity contribution in [1.82, 2.24) is 9.97 Å². The largest absolute Gasteiger partial charge is 0.241 e. The molecule has 0 unspecified atom stereocenters. The van der Waals surface area contributed by atoms with E-state index in [2.05, 4.69) is 45.7 Å². The Hall–Kier alpha value is -0.920. The predicted molar refractivity (Wildman–Crippen MR) is 110 cm³/mol. The summed E-state index contributed by atoms with van der Waals surface area (Å²) in [5.74, 6) is 3.50. The summed E-state index contributed by atoms with van der Waals surface area (Å²) in [6.45, 7) is 11.6. The minimum Gasteiger partial charge on any atom is -0.241 e. The molecule has 0 saturated carbocycles. The van der Waals surface area contributed by atoms with Gasteiger partial charge in [-0.05, 0) is 43.1 Å². The highest BCUT2D eigenvalue weighted by molar-refractivity contribution is 5.04. The van der Waals surface area contributed by atoms with Crippen molar-refractivity contribution >= 4 is 0 Å². The molecule has 0 amide bonds. The predicted octanol–water partition coefficient (Wildman–Crippen LogP) is 7.02. The zero-order chi connectivity index (χ0) is 18.5. The Kier molecular flexibility index (Phi) is 11.8. The molecule has 0 bridgehead atoms. The molecule has 0 aromatic carbocycles. The van der Waals surface area contributed by atoms with Crippen LogP contribution in [0.5, 0.6) is 0 Å². The average Bonchev–Trinajstić information content (AvgIpc) is 2.59. The molecule has 2 nitrogen and oxygen atoms in total. The summed E-state index contributed by atoms with van der Waals surface area (Å²) in [6, 6.07) is 2.15. The molecule has 0 fully saturated rings. The van der Waals surface area contributed by atoms with E-state index in [-0.39, 0.29) is 0 Å². The lowest BCUT2D eigenvalue weighted by Crippen LogP contribution is -2.19. The van der Waals surface area contributed by atoms with Crippen LogP contribution < -0.4 is 0 Å². The third-order valence-electron chi connectivity index (χ3n) is 5.33. The van der Waals surface area contributed by atoms with Crippen molar-refractivity contribution in [2.24, 2.45) is 17.8 Å². The van der Waals surface area contributed by atoms with Crippen molar-refractivity contribution in [3.63, 3.8) is 0 Å². The van der Waals surface area contributed by atoms with Gasteiger partial charge in [0.05, 0.1) is 0 Å². The van der Waals surface area contributed by atoms with Crippen molar-refractivity contribution in [3.8, 4) is 0 Å². The molecular formula is C23H42N2. The highest BCUT2D eigenvalue weighted by atomic mass is 14.9. The Morgan fingerprint density at radius 3 is 2.16 bits per heavy atom. The molecule has 1 heterocycles. The molecular weight excluding hydrogens is 304 g/mol. The molecule has 2 heteroatoms. The molecule has 0 aliphatic rings. The Morgan fingerprint density at radius 2 is 1.56 bits per heavy atom. The second kappa shape index (κ2) is 13.3. The fraction of sp³-hybridized carbons (Fsp3) is 0.826. The first-order valence-electron chi connectivity index (χ1n) is 10.9. The fourth-order valence-electron chi connectivity index (χ4n) is 3.93. The maximum absolute atomic E-state index is 4.88. The summed E-state index contributed by atoms with van der Waals surface area (Å²) in [5, 5.41) is 0. The first kappa shape index (κ1) is 22.1. The van der Waals surface area contributed by atoms with Gasteiger partial charge in [0.2, 0.25) is 0 Å². The van der Waals surface area contributed by atoms with E-state index in [4.69, 9.17) is 4.98 Å². The van der Waals surface area contributed by atoms with Crippen LogP contribution in [-0.4, -0.2) is 9.97 Å². The molecule has 0 aliphatic heterocycles. The van der Waals surface area contributed by atoms with Gasteiger partial charge in [-0.3, -0.25) is 0 Å². The maximum atomic E-state index is 4.88. The van der Waals surface area contributed by atoms with Gasteiger partial charge < -0.3 is 0 Å². The first-order valence-corrected chi connectivity index (χ1v) is 10.9. The summed E-state index contributed by atoms with van der Waals surface area (Å²) < 4.78 is 0. The van der Waals surface area contributed by atoms with Crippen molar-refractivity contribution in [3.05, 3.63) is 23.8 Å². The van der Waals surface area contributed by atoms with E-state index in [0.29, 0.717) is 0 Å². The van der Waals surface area contributed by atoms with Crippen molar-refractivity contribution in [2.45, 2.75) is 105 Å². The van der Waals surface area contributed by atoms with Crippen molar-refractivity contribution < 1.29 is 0 Å². The molecule has 0 aliphatic carbocycles. The second-order valence-electron chi connectivity index (χ2n) is 8.19. The fourth-order valence-corrected chi connectivity index (χ4v) is 3.93. The summed E-state index contributed by atoms with van der Waals surface area (Å²) >= 11 is 0. The number of hydrogen-bond acceptors (Lipinski definition) is 2. The minimum atomic E-state index is 0.785. The normalized spacial score (nSPS) is 12.9. The van der Waals surface area contributed by atoms with Gasteiger partial charge >= 0.3 is 0 Å². The van der Waals surface area contributed by atoms with Crippen LogP contribution in [0, 0.1) is 17.8 Å². The highest BCUT2D eigenvalue weighted by Gasteiger charge is 2.21. The molecule has 0 N–H and O–H groups in total. The van der Waals surface area contributed by atoms with Crippen molar-refractivity contribution in [2.75, 3.05) is 0 Å². The van der Waals surface area contributed by atoms with Crippen LogP contribution in [0.3, 0.4) is 0 Å². The molecule has 144 valence electrons. The van der Waals surface area contributed by atoms with E-state index in [0.717, 1.165) is 36.4 Å². The number of rotatable bonds is 14. The highest BCUT2D eigenvalue weighted by Crippen LogP contribution is 2.30. The lowest BCUT2D eigenvalue weighted by molar-refractivity contribution is 0.260. The van der Waals surface area contributed by atoms with E-state index in [1.54, 1.807) is 0 Å². The topological polar surface area (TPSA) is 25.8 Å². The molecule has 1 aromatic heterocycles. The summed E-state index contributed by atoms with van der Waals surface area (Å²) in [4.78, 5) is 9.36. The van der Waals surface area contributed by atoms with Crippen LogP contribution >= 0.6 is 0 Å². The maximum Gasteiger partial charge on any atom is 0.128 e.